The molecule has 0 radical (unpaired) electrons. The highest BCUT2D eigenvalue weighted by molar-refractivity contribution is 6.34. The van der Waals surface area contributed by atoms with Crippen LogP contribution >= 0.6 is 11.6 Å². The highest BCUT2D eigenvalue weighted by atomic mass is 35.5. The summed E-state index contributed by atoms with van der Waals surface area (Å²) in [7, 11) is 3.09. The largest absolute Gasteiger partial charge is 0.495 e. The van der Waals surface area contributed by atoms with Crippen LogP contribution in [0.5, 0.6) is 11.5 Å². The zero-order valence-corrected chi connectivity index (χ0v) is 11.2. The highest BCUT2D eigenvalue weighted by Gasteiger charge is 2.21. The summed E-state index contributed by atoms with van der Waals surface area (Å²) in [6.07, 6.45) is 4.35. The van der Waals surface area contributed by atoms with Gasteiger partial charge in [0.2, 0.25) is 0 Å². The van der Waals surface area contributed by atoms with Crippen molar-refractivity contribution in [1.29, 1.82) is 0 Å². The van der Waals surface area contributed by atoms with Gasteiger partial charge in [-0.1, -0.05) is 17.7 Å². The summed E-state index contributed by atoms with van der Waals surface area (Å²) in [6, 6.07) is 3.57. The first-order valence-corrected chi connectivity index (χ1v) is 6.21. The van der Waals surface area contributed by atoms with Crippen molar-refractivity contribution in [3.63, 3.8) is 0 Å². The van der Waals surface area contributed by atoms with Crippen LogP contribution < -0.4 is 9.47 Å². The Kier molecular flexibility index (Phi) is 3.92. The molecule has 0 aliphatic heterocycles. The number of halogens is 1. The summed E-state index contributed by atoms with van der Waals surface area (Å²) in [5, 5.41) is 0.400. The van der Waals surface area contributed by atoms with E-state index in [2.05, 4.69) is 0 Å². The van der Waals surface area contributed by atoms with Gasteiger partial charge in [-0.05, 0) is 25.0 Å². The number of carbonyl (C=O) groups is 1. The fraction of sp³-hybridized carbons (Fsp3) is 0.357. The van der Waals surface area contributed by atoms with Gasteiger partial charge in [-0.3, -0.25) is 4.79 Å². The number of allylic oxidation sites excluding steroid dienone is 2. The van der Waals surface area contributed by atoms with Crippen molar-refractivity contribution in [3.8, 4) is 11.5 Å². The second-order valence-electron chi connectivity index (χ2n) is 4.10. The van der Waals surface area contributed by atoms with Crippen molar-refractivity contribution in [2.45, 2.75) is 19.3 Å². The maximum Gasteiger partial charge on any atom is 0.163 e. The van der Waals surface area contributed by atoms with E-state index in [0.29, 0.717) is 28.5 Å². The average Bonchev–Trinajstić information content (AvgIpc) is 2.39. The predicted molar refractivity (Wildman–Crippen MR) is 71.4 cm³/mol. The standard InChI is InChI=1S/C14H15ClO3/c1-17-12-8-7-10(14(18-2)13(12)15)9-5-3-4-6-11(9)16/h5,7-8H,3-4,6H2,1-2H3. The summed E-state index contributed by atoms with van der Waals surface area (Å²) in [5.41, 5.74) is 1.44. The maximum atomic E-state index is 11.9. The van der Waals surface area contributed by atoms with Gasteiger partial charge in [0.05, 0.1) is 14.2 Å². The number of ketones is 1. The molecule has 0 bridgehead atoms. The molecule has 0 unspecified atom stereocenters. The van der Waals surface area contributed by atoms with Crippen LogP contribution in [0.25, 0.3) is 5.57 Å². The van der Waals surface area contributed by atoms with Gasteiger partial charge in [0.25, 0.3) is 0 Å². The van der Waals surface area contributed by atoms with Crippen LogP contribution in [0.2, 0.25) is 5.02 Å². The SMILES string of the molecule is COc1ccc(C2=CCCCC2=O)c(OC)c1Cl. The van der Waals surface area contributed by atoms with Gasteiger partial charge in [0.1, 0.15) is 16.5 Å². The lowest BCUT2D eigenvalue weighted by atomic mass is 9.92. The van der Waals surface area contributed by atoms with Crippen molar-refractivity contribution in [3.05, 3.63) is 28.8 Å². The third-order valence-electron chi connectivity index (χ3n) is 3.03. The second-order valence-corrected chi connectivity index (χ2v) is 4.47. The molecule has 0 saturated heterocycles. The molecule has 2 rings (SSSR count). The number of hydrogen-bond acceptors (Lipinski definition) is 3. The number of methoxy groups -OCH3 is 2. The summed E-state index contributed by atoms with van der Waals surface area (Å²) in [5.74, 6) is 1.18. The van der Waals surface area contributed by atoms with E-state index < -0.39 is 0 Å². The Morgan fingerprint density at radius 1 is 1.22 bits per heavy atom. The lowest BCUT2D eigenvalue weighted by Crippen LogP contribution is -2.07. The number of Topliss-reactive ketones (excluding diaryl/α,β-unsaturated/α-hetero) is 1. The molecule has 4 heteroatoms. The number of benzene rings is 1. The van der Waals surface area contributed by atoms with E-state index in [1.54, 1.807) is 13.2 Å². The first kappa shape index (κ1) is 13.0. The smallest absolute Gasteiger partial charge is 0.163 e. The minimum atomic E-state index is 0.140. The molecule has 1 aliphatic carbocycles. The summed E-state index contributed by atoms with van der Waals surface area (Å²) < 4.78 is 10.5. The Hall–Kier alpha value is -1.48. The molecule has 1 aliphatic rings. The second kappa shape index (κ2) is 5.44. The van der Waals surface area contributed by atoms with Crippen LogP contribution in [0.15, 0.2) is 18.2 Å². The molecule has 96 valence electrons. The predicted octanol–water partition coefficient (Wildman–Crippen LogP) is 3.49. The fourth-order valence-corrected chi connectivity index (χ4v) is 2.44. The number of carbonyl (C=O) groups excluding carboxylic acids is 1. The summed E-state index contributed by atoms with van der Waals surface area (Å²) in [6.45, 7) is 0. The van der Waals surface area contributed by atoms with Crippen molar-refractivity contribution in [2.24, 2.45) is 0 Å². The van der Waals surface area contributed by atoms with Gasteiger partial charge in [0, 0.05) is 17.6 Å². The first-order chi connectivity index (χ1) is 8.69. The number of hydrogen-bond donors (Lipinski definition) is 0. The molecule has 3 nitrogen and oxygen atoms in total. The monoisotopic (exact) mass is 266 g/mol. The molecule has 0 fully saturated rings. The molecule has 0 saturated carbocycles. The third kappa shape index (κ3) is 2.23. The van der Waals surface area contributed by atoms with E-state index in [1.807, 2.05) is 12.1 Å². The number of ether oxygens (including phenoxy) is 2. The molecule has 1 aromatic carbocycles. The van der Waals surface area contributed by atoms with E-state index in [1.165, 1.54) is 7.11 Å². The molecule has 18 heavy (non-hydrogen) atoms. The molecule has 0 heterocycles. The van der Waals surface area contributed by atoms with Crippen molar-refractivity contribution in [2.75, 3.05) is 14.2 Å². The lowest BCUT2D eigenvalue weighted by Gasteiger charge is -2.17. The van der Waals surface area contributed by atoms with Crippen molar-refractivity contribution >= 4 is 23.0 Å². The van der Waals surface area contributed by atoms with Crippen molar-refractivity contribution in [1.82, 2.24) is 0 Å². The summed E-state index contributed by atoms with van der Waals surface area (Å²) in [4.78, 5) is 11.9. The highest BCUT2D eigenvalue weighted by Crippen LogP contribution is 2.41. The topological polar surface area (TPSA) is 35.5 Å². The third-order valence-corrected chi connectivity index (χ3v) is 3.39. The van der Waals surface area contributed by atoms with E-state index in [-0.39, 0.29) is 5.78 Å². The zero-order chi connectivity index (χ0) is 13.1. The lowest BCUT2D eigenvalue weighted by molar-refractivity contribution is -0.114. The van der Waals surface area contributed by atoms with Crippen LogP contribution in [0, 0.1) is 0 Å². The molecule has 0 N–H and O–H groups in total. The first-order valence-electron chi connectivity index (χ1n) is 5.83. The van der Waals surface area contributed by atoms with Crippen molar-refractivity contribution < 1.29 is 14.3 Å². The Balaban J connectivity index is 2.54. The van der Waals surface area contributed by atoms with Gasteiger partial charge in [-0.2, -0.15) is 0 Å². The molecule has 0 amide bonds. The van der Waals surface area contributed by atoms with Gasteiger partial charge in [-0.15, -0.1) is 0 Å². The van der Waals surface area contributed by atoms with Crippen LogP contribution in [0.3, 0.4) is 0 Å². The normalized spacial score (nSPS) is 15.3. The molecular weight excluding hydrogens is 252 g/mol. The van der Waals surface area contributed by atoms with Gasteiger partial charge in [0.15, 0.2) is 5.78 Å². The van der Waals surface area contributed by atoms with Crippen LogP contribution in [0.4, 0.5) is 0 Å². The van der Waals surface area contributed by atoms with Gasteiger partial charge in [-0.25, -0.2) is 0 Å². The Morgan fingerprint density at radius 3 is 2.61 bits per heavy atom. The minimum Gasteiger partial charge on any atom is -0.495 e. The van der Waals surface area contributed by atoms with Crippen LogP contribution in [-0.4, -0.2) is 20.0 Å². The Morgan fingerprint density at radius 2 is 2.00 bits per heavy atom. The van der Waals surface area contributed by atoms with Gasteiger partial charge < -0.3 is 9.47 Å². The molecule has 1 aromatic rings. The van der Waals surface area contributed by atoms with E-state index in [4.69, 9.17) is 21.1 Å². The Labute approximate surface area is 111 Å². The Bertz CT molecular complexity index is 506. The summed E-state index contributed by atoms with van der Waals surface area (Å²) >= 11 is 6.19. The van der Waals surface area contributed by atoms with Crippen LogP contribution in [0.1, 0.15) is 24.8 Å². The van der Waals surface area contributed by atoms with E-state index >= 15 is 0 Å². The van der Waals surface area contributed by atoms with Crippen LogP contribution in [-0.2, 0) is 4.79 Å². The molecule has 0 spiro atoms. The average molecular weight is 267 g/mol. The zero-order valence-electron chi connectivity index (χ0n) is 10.5. The number of rotatable bonds is 3. The molecular formula is C14H15ClO3. The van der Waals surface area contributed by atoms with E-state index in [0.717, 1.165) is 18.4 Å². The molecule has 0 aromatic heterocycles. The fourth-order valence-electron chi connectivity index (χ4n) is 2.12. The van der Waals surface area contributed by atoms with Gasteiger partial charge >= 0.3 is 0 Å². The quantitative estimate of drug-likeness (QED) is 0.840. The molecule has 0 atom stereocenters. The van der Waals surface area contributed by atoms with E-state index in [9.17, 15) is 4.79 Å². The maximum absolute atomic E-state index is 11.9. The minimum absolute atomic E-state index is 0.140.